The van der Waals surface area contributed by atoms with E-state index in [2.05, 4.69) is 13.8 Å². The molecule has 0 N–H and O–H groups in total. The maximum atomic E-state index is 2.29. The van der Waals surface area contributed by atoms with Gasteiger partial charge in [0.1, 0.15) is 0 Å². The number of hydrogen-bond donors (Lipinski definition) is 0. The summed E-state index contributed by atoms with van der Waals surface area (Å²) in [5.74, 6) is 0. The van der Waals surface area contributed by atoms with Crippen LogP contribution in [0.4, 0.5) is 0 Å². The Morgan fingerprint density at radius 1 is 0.900 bits per heavy atom. The van der Waals surface area contributed by atoms with Crippen LogP contribution in [0.1, 0.15) is 39.5 Å². The van der Waals surface area contributed by atoms with Crippen LogP contribution in [-0.4, -0.2) is 32.1 Å². The quantitative estimate of drug-likeness (QED) is 0.509. The van der Waals surface area contributed by atoms with Crippen molar-refractivity contribution >= 4 is 32.1 Å². The molecule has 0 amide bonds. The zero-order valence-corrected chi connectivity index (χ0v) is 11.1. The Kier molecular flexibility index (Phi) is 17.2. The Hall–Kier alpha value is 1.02. The predicted octanol–water partition coefficient (Wildman–Crippen LogP) is 2.75. The van der Waals surface area contributed by atoms with E-state index in [-0.39, 0.29) is 32.1 Å². The normalized spacial score (nSPS) is 9.00. The van der Waals surface area contributed by atoms with Crippen molar-refractivity contribution in [2.24, 2.45) is 0 Å². The number of hydrogen-bond acceptors (Lipinski definition) is 0. The van der Waals surface area contributed by atoms with Crippen LogP contribution in [0.25, 0.3) is 0 Å². The molecule has 0 aromatic rings. The molecule has 0 saturated carbocycles. The van der Waals surface area contributed by atoms with E-state index in [1.807, 2.05) is 0 Å². The fourth-order valence-corrected chi connectivity index (χ4v) is 4.89. The molecule has 0 aliphatic rings. The van der Waals surface area contributed by atoms with Gasteiger partial charge in [-0.15, -0.1) is 0 Å². The van der Waals surface area contributed by atoms with Gasteiger partial charge in [-0.3, -0.25) is 0 Å². The minimum Gasteiger partial charge on any atom is 0 e. The molecule has 0 aromatic heterocycles. The summed E-state index contributed by atoms with van der Waals surface area (Å²) in [4.78, 5) is 0. The van der Waals surface area contributed by atoms with Crippen LogP contribution >= 0.6 is 0 Å². The molecule has 0 fully saturated rings. The third-order valence-electron chi connectivity index (χ3n) is 1.41. The van der Waals surface area contributed by atoms with Gasteiger partial charge in [-0.2, -0.15) is 0 Å². The fourth-order valence-electron chi connectivity index (χ4n) is 0.729. The molecule has 0 heterocycles. The van der Waals surface area contributed by atoms with Crippen molar-refractivity contribution in [1.82, 2.24) is 0 Å². The van der Waals surface area contributed by atoms with Gasteiger partial charge in [0.25, 0.3) is 0 Å². The molecule has 0 rings (SSSR count). The van der Waals surface area contributed by atoms with Crippen molar-refractivity contribution < 1.29 is 0 Å². The summed E-state index contributed by atoms with van der Waals surface area (Å²) in [7, 11) is 0. The number of unbranched alkanes of at least 4 members (excludes halogenated alkanes) is 2. The second-order valence-corrected chi connectivity index (χ2v) is 6.74. The SMILES string of the molecule is CCC[CH2][Sn][CH2]CCC.[Si]. The van der Waals surface area contributed by atoms with Crippen LogP contribution in [0.15, 0.2) is 0 Å². The summed E-state index contributed by atoms with van der Waals surface area (Å²) in [5.41, 5.74) is 0. The average molecular weight is 261 g/mol. The van der Waals surface area contributed by atoms with Gasteiger partial charge in [0.2, 0.25) is 0 Å². The van der Waals surface area contributed by atoms with Gasteiger partial charge in [0.05, 0.1) is 0 Å². The smallest absolute Gasteiger partial charge is 0 e. The summed E-state index contributed by atoms with van der Waals surface area (Å²) in [6.07, 6.45) is 5.84. The van der Waals surface area contributed by atoms with E-state index in [9.17, 15) is 0 Å². The van der Waals surface area contributed by atoms with Gasteiger partial charge in [-0.25, -0.2) is 0 Å². The molecule has 0 unspecified atom stereocenters. The molecular formula is C8H18SiSn. The molecule has 6 radical (unpaired) electrons. The molecule has 58 valence electrons. The van der Waals surface area contributed by atoms with Crippen molar-refractivity contribution in [1.29, 1.82) is 0 Å². The second kappa shape index (κ2) is 12.7. The maximum absolute atomic E-state index is 2.29. The van der Waals surface area contributed by atoms with E-state index in [4.69, 9.17) is 0 Å². The van der Waals surface area contributed by atoms with Crippen LogP contribution in [0.2, 0.25) is 8.87 Å². The minimum atomic E-state index is 0. The zero-order chi connectivity index (χ0) is 6.95. The van der Waals surface area contributed by atoms with E-state index in [0.717, 1.165) is 0 Å². The molecule has 0 aliphatic heterocycles. The van der Waals surface area contributed by atoms with E-state index in [1.54, 1.807) is 8.87 Å². The Morgan fingerprint density at radius 3 is 1.60 bits per heavy atom. The van der Waals surface area contributed by atoms with Gasteiger partial charge in [-0.05, 0) is 0 Å². The summed E-state index contributed by atoms with van der Waals surface area (Å²) >= 11 is 0.149. The first kappa shape index (κ1) is 13.6. The first-order valence-corrected chi connectivity index (χ1v) is 8.16. The number of rotatable bonds is 6. The zero-order valence-electron chi connectivity index (χ0n) is 7.24. The van der Waals surface area contributed by atoms with Gasteiger partial charge >= 0.3 is 69.5 Å². The standard InChI is InChI=1S/2C4H9.Si.Sn/c2*1-3-4-2;;/h2*1,3-4H2,2H3;;. The summed E-state index contributed by atoms with van der Waals surface area (Å²) in [6.45, 7) is 4.58. The molecule has 0 bridgehead atoms. The third kappa shape index (κ3) is 11.8. The molecule has 0 aliphatic carbocycles. The van der Waals surface area contributed by atoms with Crippen LogP contribution < -0.4 is 0 Å². The largest absolute Gasteiger partial charge is 0 e. The van der Waals surface area contributed by atoms with Gasteiger partial charge in [0, 0.05) is 11.0 Å². The monoisotopic (exact) mass is 262 g/mol. The van der Waals surface area contributed by atoms with Crippen molar-refractivity contribution in [2.45, 2.75) is 48.4 Å². The molecule has 0 nitrogen and oxygen atoms in total. The molecular weight excluding hydrogens is 243 g/mol. The molecule has 0 spiro atoms. The topological polar surface area (TPSA) is 0 Å². The van der Waals surface area contributed by atoms with E-state index >= 15 is 0 Å². The molecule has 0 aromatic carbocycles. The van der Waals surface area contributed by atoms with Gasteiger partial charge in [0.15, 0.2) is 0 Å². The Balaban J connectivity index is 0. The van der Waals surface area contributed by atoms with Gasteiger partial charge in [-0.1, -0.05) is 0 Å². The summed E-state index contributed by atoms with van der Waals surface area (Å²) in [5, 5.41) is 0. The Morgan fingerprint density at radius 2 is 1.30 bits per heavy atom. The Labute approximate surface area is 80.4 Å². The van der Waals surface area contributed by atoms with E-state index < -0.39 is 0 Å². The first-order chi connectivity index (χ1) is 4.41. The van der Waals surface area contributed by atoms with Crippen molar-refractivity contribution in [3.63, 3.8) is 0 Å². The maximum Gasteiger partial charge on any atom is 0 e. The van der Waals surface area contributed by atoms with E-state index in [0.29, 0.717) is 0 Å². The van der Waals surface area contributed by atoms with E-state index in [1.165, 1.54) is 25.7 Å². The molecule has 0 atom stereocenters. The van der Waals surface area contributed by atoms with Crippen molar-refractivity contribution in [3.05, 3.63) is 0 Å². The third-order valence-corrected chi connectivity index (χ3v) is 5.45. The second-order valence-electron chi connectivity index (χ2n) is 2.46. The summed E-state index contributed by atoms with van der Waals surface area (Å²) in [6, 6.07) is 0. The van der Waals surface area contributed by atoms with Crippen LogP contribution in [0.3, 0.4) is 0 Å². The van der Waals surface area contributed by atoms with Gasteiger partial charge < -0.3 is 0 Å². The van der Waals surface area contributed by atoms with Crippen LogP contribution in [0.5, 0.6) is 0 Å². The van der Waals surface area contributed by atoms with Crippen LogP contribution in [0, 0.1) is 0 Å². The van der Waals surface area contributed by atoms with Crippen molar-refractivity contribution in [2.75, 3.05) is 0 Å². The fraction of sp³-hybridized carbons (Fsp3) is 1.00. The Bertz CT molecular complexity index is 42.5. The molecule has 0 saturated heterocycles. The van der Waals surface area contributed by atoms with Crippen molar-refractivity contribution in [3.8, 4) is 0 Å². The minimum absolute atomic E-state index is 0. The average Bonchev–Trinajstić information content (AvgIpc) is 1.89. The first-order valence-electron chi connectivity index (χ1n) is 4.12. The molecule has 2 heteroatoms. The molecule has 10 heavy (non-hydrogen) atoms. The van der Waals surface area contributed by atoms with Crippen LogP contribution in [-0.2, 0) is 0 Å². The summed E-state index contributed by atoms with van der Waals surface area (Å²) < 4.78 is 3.25. The predicted molar refractivity (Wildman–Crippen MR) is 50.9 cm³/mol.